The third kappa shape index (κ3) is 5.43. The first-order chi connectivity index (χ1) is 12.2. The quantitative estimate of drug-likeness (QED) is 0.640. The van der Waals surface area contributed by atoms with Crippen LogP contribution in [0.1, 0.15) is 15.9 Å². The summed E-state index contributed by atoms with van der Waals surface area (Å²) in [6, 6.07) is 10.2. The lowest BCUT2D eigenvalue weighted by Gasteiger charge is -2.09. The van der Waals surface area contributed by atoms with Crippen LogP contribution in [-0.2, 0) is 21.4 Å². The van der Waals surface area contributed by atoms with Crippen LogP contribution in [0.4, 0.5) is 0 Å². The smallest absolute Gasteiger partial charge is 0.318 e. The van der Waals surface area contributed by atoms with E-state index in [4.69, 9.17) is 28.3 Å². The van der Waals surface area contributed by atoms with Gasteiger partial charge in [-0.25, -0.2) is 8.42 Å². The number of halogens is 2. The van der Waals surface area contributed by atoms with E-state index in [1.165, 1.54) is 36.4 Å². The normalized spacial score (nSPS) is 11.2. The van der Waals surface area contributed by atoms with Gasteiger partial charge in [0.15, 0.2) is 0 Å². The fourth-order valence-electron chi connectivity index (χ4n) is 1.98. The molecule has 138 valence electrons. The maximum atomic E-state index is 12.1. The minimum absolute atomic E-state index is 0.0745. The zero-order valence-electron chi connectivity index (χ0n) is 13.2. The molecule has 2 aromatic carbocycles. The van der Waals surface area contributed by atoms with E-state index in [1.54, 1.807) is 6.07 Å². The molecule has 1 amide bonds. The van der Waals surface area contributed by atoms with Gasteiger partial charge in [-0.2, -0.15) is 4.72 Å². The van der Waals surface area contributed by atoms with Gasteiger partial charge in [0.05, 0.1) is 15.5 Å². The molecular formula is C16H14Cl2N2O5S. The summed E-state index contributed by atoms with van der Waals surface area (Å²) < 4.78 is 25.7. The van der Waals surface area contributed by atoms with Crippen LogP contribution in [0.2, 0.25) is 10.0 Å². The van der Waals surface area contributed by atoms with E-state index in [2.05, 4.69) is 5.32 Å². The van der Waals surface area contributed by atoms with Gasteiger partial charge in [-0.15, -0.1) is 0 Å². The average Bonchev–Trinajstić information content (AvgIpc) is 2.58. The number of nitrogens with one attached hydrogen (secondary N) is 2. The third-order valence-corrected chi connectivity index (χ3v) is 5.24. The molecule has 0 saturated heterocycles. The number of carbonyl (C=O) groups is 2. The maximum Gasteiger partial charge on any atom is 0.318 e. The molecule has 0 saturated carbocycles. The van der Waals surface area contributed by atoms with Crippen molar-refractivity contribution < 1.29 is 23.1 Å². The highest BCUT2D eigenvalue weighted by Crippen LogP contribution is 2.21. The van der Waals surface area contributed by atoms with Gasteiger partial charge in [0.25, 0.3) is 5.91 Å². The van der Waals surface area contributed by atoms with E-state index in [-0.39, 0.29) is 22.0 Å². The maximum absolute atomic E-state index is 12.1. The molecule has 2 rings (SSSR count). The molecule has 0 fully saturated rings. The first-order valence-electron chi connectivity index (χ1n) is 7.23. The Hall–Kier alpha value is -2.13. The Morgan fingerprint density at radius 3 is 2.27 bits per heavy atom. The molecule has 0 aliphatic heterocycles. The van der Waals surface area contributed by atoms with Gasteiger partial charge in [-0.05, 0) is 35.9 Å². The predicted molar refractivity (Wildman–Crippen MR) is 96.9 cm³/mol. The van der Waals surface area contributed by atoms with Crippen LogP contribution in [-0.4, -0.2) is 31.9 Å². The van der Waals surface area contributed by atoms with Crippen LogP contribution in [0, 0.1) is 0 Å². The summed E-state index contributed by atoms with van der Waals surface area (Å²) in [5.41, 5.74) is 0.925. The fraction of sp³-hybridized carbons (Fsp3) is 0.125. The lowest BCUT2D eigenvalue weighted by atomic mass is 10.2. The van der Waals surface area contributed by atoms with Crippen molar-refractivity contribution in [3.63, 3.8) is 0 Å². The van der Waals surface area contributed by atoms with E-state index in [1.807, 2.05) is 4.72 Å². The topological polar surface area (TPSA) is 113 Å². The number of carboxylic acids is 1. The van der Waals surface area contributed by atoms with E-state index in [0.29, 0.717) is 10.6 Å². The number of benzene rings is 2. The summed E-state index contributed by atoms with van der Waals surface area (Å²) in [5.74, 6) is -1.68. The largest absolute Gasteiger partial charge is 0.480 e. The average molecular weight is 417 g/mol. The number of hydrogen-bond donors (Lipinski definition) is 3. The Morgan fingerprint density at radius 1 is 1.04 bits per heavy atom. The minimum atomic E-state index is -3.90. The second-order valence-electron chi connectivity index (χ2n) is 5.17. The van der Waals surface area contributed by atoms with Crippen LogP contribution in [0.15, 0.2) is 47.4 Å². The predicted octanol–water partition coefficient (Wildman–Crippen LogP) is 2.29. The summed E-state index contributed by atoms with van der Waals surface area (Å²) >= 11 is 11.8. The molecule has 0 aromatic heterocycles. The lowest BCUT2D eigenvalue weighted by Crippen LogP contribution is -2.29. The molecule has 0 aliphatic carbocycles. The van der Waals surface area contributed by atoms with Gasteiger partial charge >= 0.3 is 5.97 Å². The van der Waals surface area contributed by atoms with Crippen molar-refractivity contribution in [1.82, 2.24) is 10.0 Å². The SMILES string of the molecule is O=C(O)CNS(=O)(=O)c1ccc(CNC(=O)c2ccc(Cl)cc2Cl)cc1. The number of aliphatic carboxylic acids is 1. The molecule has 0 atom stereocenters. The Balaban J connectivity index is 2.01. The molecule has 0 spiro atoms. The first kappa shape index (κ1) is 20.2. The number of sulfonamides is 1. The van der Waals surface area contributed by atoms with E-state index >= 15 is 0 Å². The van der Waals surface area contributed by atoms with Gasteiger partial charge in [0.2, 0.25) is 10.0 Å². The highest BCUT2D eigenvalue weighted by Gasteiger charge is 2.15. The van der Waals surface area contributed by atoms with Gasteiger partial charge < -0.3 is 10.4 Å². The van der Waals surface area contributed by atoms with Crippen molar-refractivity contribution in [2.45, 2.75) is 11.4 Å². The summed E-state index contributed by atoms with van der Waals surface area (Å²) in [5, 5.41) is 11.8. The molecule has 3 N–H and O–H groups in total. The monoisotopic (exact) mass is 416 g/mol. The van der Waals surface area contributed by atoms with Crippen LogP contribution in [0.3, 0.4) is 0 Å². The van der Waals surface area contributed by atoms with Crippen LogP contribution < -0.4 is 10.0 Å². The summed E-state index contributed by atoms with van der Waals surface area (Å²) in [6.45, 7) is -0.553. The van der Waals surface area contributed by atoms with Crippen molar-refractivity contribution in [1.29, 1.82) is 0 Å². The Labute approximate surface area is 160 Å². The van der Waals surface area contributed by atoms with Crippen molar-refractivity contribution in [3.8, 4) is 0 Å². The van der Waals surface area contributed by atoms with E-state index < -0.39 is 28.4 Å². The van der Waals surface area contributed by atoms with Crippen molar-refractivity contribution in [2.75, 3.05) is 6.54 Å². The molecule has 10 heteroatoms. The molecule has 0 bridgehead atoms. The highest BCUT2D eigenvalue weighted by molar-refractivity contribution is 7.89. The van der Waals surface area contributed by atoms with Crippen LogP contribution in [0.25, 0.3) is 0 Å². The summed E-state index contributed by atoms with van der Waals surface area (Å²) in [6.07, 6.45) is 0. The van der Waals surface area contributed by atoms with Crippen LogP contribution in [0.5, 0.6) is 0 Å². The number of amides is 1. The molecule has 7 nitrogen and oxygen atoms in total. The molecule has 2 aromatic rings. The summed E-state index contributed by atoms with van der Waals surface area (Å²) in [7, 11) is -3.90. The van der Waals surface area contributed by atoms with E-state index in [9.17, 15) is 18.0 Å². The molecule has 0 radical (unpaired) electrons. The Kier molecular flexibility index (Phi) is 6.60. The molecule has 0 unspecified atom stereocenters. The fourth-order valence-corrected chi connectivity index (χ4v) is 3.45. The highest BCUT2D eigenvalue weighted by atomic mass is 35.5. The molecule has 0 aliphatic rings. The standard InChI is InChI=1S/C16H14Cl2N2O5S/c17-11-3-6-13(14(18)7-11)16(23)19-8-10-1-4-12(5-2-10)26(24,25)20-9-15(21)22/h1-7,20H,8-9H2,(H,19,23)(H,21,22). The molecule has 26 heavy (non-hydrogen) atoms. The number of rotatable bonds is 7. The number of carboxylic acid groups (broad SMARTS) is 1. The second kappa shape index (κ2) is 8.50. The van der Waals surface area contributed by atoms with Crippen molar-refractivity contribution in [3.05, 3.63) is 63.6 Å². The first-order valence-corrected chi connectivity index (χ1v) is 9.46. The van der Waals surface area contributed by atoms with Crippen molar-refractivity contribution >= 4 is 45.1 Å². The zero-order valence-corrected chi connectivity index (χ0v) is 15.5. The van der Waals surface area contributed by atoms with Gasteiger partial charge in [0.1, 0.15) is 6.54 Å². The minimum Gasteiger partial charge on any atom is -0.480 e. The number of carbonyl (C=O) groups excluding carboxylic acids is 1. The zero-order chi connectivity index (χ0) is 19.3. The Bertz CT molecular complexity index is 930. The summed E-state index contributed by atoms with van der Waals surface area (Å²) in [4.78, 5) is 22.5. The van der Waals surface area contributed by atoms with Gasteiger partial charge in [-0.1, -0.05) is 35.3 Å². The number of hydrogen-bond acceptors (Lipinski definition) is 4. The van der Waals surface area contributed by atoms with Gasteiger partial charge in [0, 0.05) is 11.6 Å². The third-order valence-electron chi connectivity index (χ3n) is 3.28. The second-order valence-corrected chi connectivity index (χ2v) is 7.78. The van der Waals surface area contributed by atoms with Gasteiger partial charge in [-0.3, -0.25) is 9.59 Å². The molecular weight excluding hydrogens is 403 g/mol. The molecule has 0 heterocycles. The Morgan fingerprint density at radius 2 is 1.69 bits per heavy atom. The van der Waals surface area contributed by atoms with E-state index in [0.717, 1.165) is 0 Å². The van der Waals surface area contributed by atoms with Crippen LogP contribution >= 0.6 is 23.2 Å². The lowest BCUT2D eigenvalue weighted by molar-refractivity contribution is -0.135. The van der Waals surface area contributed by atoms with Crippen molar-refractivity contribution in [2.24, 2.45) is 0 Å².